The molecule has 2 amide bonds. The maximum absolute atomic E-state index is 15.1. The lowest BCUT2D eigenvalue weighted by Crippen LogP contribution is -2.35. The summed E-state index contributed by atoms with van der Waals surface area (Å²) < 4.78 is 49.0. The number of amides is 2. The summed E-state index contributed by atoms with van der Waals surface area (Å²) >= 11 is 0. The summed E-state index contributed by atoms with van der Waals surface area (Å²) in [6.45, 7) is 0. The third-order valence-electron chi connectivity index (χ3n) is 6.91. The van der Waals surface area contributed by atoms with Gasteiger partial charge >= 0.3 is 0 Å². The molecule has 3 aromatic carbocycles. The number of nitrogens with one attached hydrogen (secondary N) is 2. The lowest BCUT2D eigenvalue weighted by atomic mass is 10.0. The smallest absolute Gasteiger partial charge is 0.240 e. The van der Waals surface area contributed by atoms with E-state index >= 15 is 8.78 Å². The molecule has 0 spiro atoms. The summed E-state index contributed by atoms with van der Waals surface area (Å²) in [6, 6.07) is 17.4. The Morgan fingerprint density at radius 2 is 1.56 bits per heavy atom. The standard InChI is InChI=1S/C31H21F3N4O3/c32-20-4-6-21(7-5-20)37-29(39)31(10-11-31)30(40)38-26-15-24(34)28(16-23(26)33)41-27-9-13-36-25-14-18(3-8-22(25)27)19-2-1-12-35-17-19/h1-9,12-17H,10-11H2,(H,37,39)(H,38,40). The Balaban J connectivity index is 1.19. The first-order chi connectivity index (χ1) is 19.8. The summed E-state index contributed by atoms with van der Waals surface area (Å²) in [6.07, 6.45) is 5.36. The van der Waals surface area contributed by atoms with E-state index in [0.717, 1.165) is 23.3 Å². The Kier molecular flexibility index (Phi) is 6.58. The van der Waals surface area contributed by atoms with Crippen LogP contribution < -0.4 is 15.4 Å². The van der Waals surface area contributed by atoms with E-state index in [9.17, 15) is 14.0 Å². The van der Waals surface area contributed by atoms with Crippen molar-refractivity contribution in [1.29, 1.82) is 0 Å². The van der Waals surface area contributed by atoms with Gasteiger partial charge in [0.25, 0.3) is 0 Å². The molecule has 2 N–H and O–H groups in total. The fourth-order valence-corrected chi connectivity index (χ4v) is 4.45. The second-order valence-electron chi connectivity index (χ2n) is 9.64. The number of benzene rings is 3. The molecule has 1 fully saturated rings. The quantitative estimate of drug-likeness (QED) is 0.214. The number of ether oxygens (including phenoxy) is 1. The molecule has 2 heterocycles. The van der Waals surface area contributed by atoms with Crippen LogP contribution in [0.3, 0.4) is 0 Å². The number of carbonyl (C=O) groups excluding carboxylic acids is 2. The molecule has 41 heavy (non-hydrogen) atoms. The summed E-state index contributed by atoms with van der Waals surface area (Å²) in [7, 11) is 0. The van der Waals surface area contributed by atoms with Crippen molar-refractivity contribution >= 4 is 34.1 Å². The minimum absolute atomic E-state index is 0.231. The predicted molar refractivity (Wildman–Crippen MR) is 147 cm³/mol. The van der Waals surface area contributed by atoms with Crippen LogP contribution in [0, 0.1) is 22.9 Å². The maximum Gasteiger partial charge on any atom is 0.240 e. The largest absolute Gasteiger partial charge is 0.453 e. The van der Waals surface area contributed by atoms with Gasteiger partial charge in [0.2, 0.25) is 11.8 Å². The fourth-order valence-electron chi connectivity index (χ4n) is 4.45. The molecular formula is C31H21F3N4O3. The Bertz CT molecular complexity index is 1790. The third-order valence-corrected chi connectivity index (χ3v) is 6.91. The molecule has 0 saturated heterocycles. The number of carbonyl (C=O) groups is 2. The van der Waals surface area contributed by atoms with Crippen LogP contribution in [0.2, 0.25) is 0 Å². The first-order valence-electron chi connectivity index (χ1n) is 12.7. The summed E-state index contributed by atoms with van der Waals surface area (Å²) in [4.78, 5) is 34.2. The molecule has 10 heteroatoms. The van der Waals surface area contributed by atoms with Gasteiger partial charge in [-0.1, -0.05) is 12.1 Å². The van der Waals surface area contributed by atoms with Gasteiger partial charge in [-0.25, -0.2) is 13.2 Å². The molecule has 1 aliphatic carbocycles. The van der Waals surface area contributed by atoms with Crippen LogP contribution in [0.25, 0.3) is 22.0 Å². The minimum Gasteiger partial charge on any atom is -0.453 e. The van der Waals surface area contributed by atoms with Gasteiger partial charge in [-0.05, 0) is 66.9 Å². The Morgan fingerprint density at radius 3 is 2.29 bits per heavy atom. The Morgan fingerprint density at radius 1 is 0.780 bits per heavy atom. The first kappa shape index (κ1) is 26.0. The highest BCUT2D eigenvalue weighted by Crippen LogP contribution is 2.48. The molecule has 0 bridgehead atoms. The number of anilines is 2. The first-order valence-corrected chi connectivity index (χ1v) is 12.7. The molecule has 2 aromatic heterocycles. The van der Waals surface area contributed by atoms with Gasteiger partial charge in [-0.15, -0.1) is 0 Å². The number of hydrogen-bond donors (Lipinski definition) is 2. The van der Waals surface area contributed by atoms with Crippen molar-refractivity contribution < 1.29 is 27.5 Å². The van der Waals surface area contributed by atoms with Crippen molar-refractivity contribution in [3.8, 4) is 22.6 Å². The van der Waals surface area contributed by atoms with Gasteiger partial charge in [0.05, 0.1) is 11.2 Å². The van der Waals surface area contributed by atoms with E-state index in [-0.39, 0.29) is 24.3 Å². The van der Waals surface area contributed by atoms with Crippen LogP contribution in [0.4, 0.5) is 24.5 Å². The van der Waals surface area contributed by atoms with Gasteiger partial charge in [-0.3, -0.25) is 19.6 Å². The molecule has 204 valence electrons. The monoisotopic (exact) mass is 554 g/mol. The van der Waals surface area contributed by atoms with E-state index in [4.69, 9.17) is 4.74 Å². The molecule has 1 saturated carbocycles. The molecule has 6 rings (SSSR count). The molecule has 5 aromatic rings. The molecule has 0 radical (unpaired) electrons. The van der Waals surface area contributed by atoms with Crippen LogP contribution in [-0.4, -0.2) is 21.8 Å². The molecule has 0 unspecified atom stereocenters. The SMILES string of the molecule is O=C(Nc1ccc(F)cc1)C1(C(=O)Nc2cc(F)c(Oc3ccnc4cc(-c5cccnc5)ccc34)cc2F)CC1. The maximum atomic E-state index is 15.1. The van der Waals surface area contributed by atoms with Gasteiger partial charge in [0.1, 0.15) is 17.0 Å². The van der Waals surface area contributed by atoms with Crippen molar-refractivity contribution in [1.82, 2.24) is 9.97 Å². The summed E-state index contributed by atoms with van der Waals surface area (Å²) in [5, 5.41) is 5.48. The van der Waals surface area contributed by atoms with Crippen LogP contribution >= 0.6 is 0 Å². The second-order valence-corrected chi connectivity index (χ2v) is 9.64. The van der Waals surface area contributed by atoms with Crippen molar-refractivity contribution in [2.24, 2.45) is 5.41 Å². The number of nitrogens with zero attached hydrogens (tertiary/aromatic N) is 2. The van der Waals surface area contributed by atoms with Gasteiger partial charge in [-0.2, -0.15) is 0 Å². The number of rotatable bonds is 7. The number of fused-ring (bicyclic) bond motifs is 1. The summed E-state index contributed by atoms with van der Waals surface area (Å²) in [5.74, 6) is -3.84. The van der Waals surface area contributed by atoms with Crippen molar-refractivity contribution in [2.75, 3.05) is 10.6 Å². The average Bonchev–Trinajstić information content (AvgIpc) is 3.80. The van der Waals surface area contributed by atoms with Gasteiger partial charge < -0.3 is 15.4 Å². The molecule has 0 atom stereocenters. The van der Waals surface area contributed by atoms with E-state index in [1.165, 1.54) is 36.5 Å². The van der Waals surface area contributed by atoms with E-state index in [1.54, 1.807) is 18.5 Å². The molecule has 7 nitrogen and oxygen atoms in total. The minimum atomic E-state index is -1.43. The topological polar surface area (TPSA) is 93.2 Å². The van der Waals surface area contributed by atoms with E-state index in [0.29, 0.717) is 16.6 Å². The third kappa shape index (κ3) is 5.19. The second kappa shape index (κ2) is 10.4. The Hall–Kier alpha value is -5.25. The fraction of sp³-hybridized carbons (Fsp3) is 0.0968. The van der Waals surface area contributed by atoms with Crippen LogP contribution in [0.1, 0.15) is 12.8 Å². The van der Waals surface area contributed by atoms with Crippen LogP contribution in [0.15, 0.2) is 91.4 Å². The number of hydrogen-bond acceptors (Lipinski definition) is 5. The van der Waals surface area contributed by atoms with Gasteiger partial charge in [0.15, 0.2) is 17.4 Å². The molecule has 0 aliphatic heterocycles. The number of halogens is 3. The van der Waals surface area contributed by atoms with Crippen LogP contribution in [-0.2, 0) is 9.59 Å². The Labute approximate surface area is 232 Å². The zero-order valence-corrected chi connectivity index (χ0v) is 21.3. The van der Waals surface area contributed by atoms with Crippen LogP contribution in [0.5, 0.6) is 11.5 Å². The van der Waals surface area contributed by atoms with E-state index in [2.05, 4.69) is 20.6 Å². The van der Waals surface area contributed by atoms with Crippen molar-refractivity contribution in [3.63, 3.8) is 0 Å². The zero-order valence-electron chi connectivity index (χ0n) is 21.3. The number of pyridine rings is 2. The van der Waals surface area contributed by atoms with E-state index in [1.807, 2.05) is 24.3 Å². The van der Waals surface area contributed by atoms with Crippen molar-refractivity contribution in [2.45, 2.75) is 12.8 Å². The molecular weight excluding hydrogens is 533 g/mol. The lowest BCUT2D eigenvalue weighted by Gasteiger charge is -2.17. The highest BCUT2D eigenvalue weighted by Gasteiger charge is 2.56. The van der Waals surface area contributed by atoms with E-state index < -0.39 is 40.4 Å². The molecule has 1 aliphatic rings. The average molecular weight is 555 g/mol. The highest BCUT2D eigenvalue weighted by atomic mass is 19.1. The number of aromatic nitrogens is 2. The predicted octanol–water partition coefficient (Wildman–Crippen LogP) is 6.86. The summed E-state index contributed by atoms with van der Waals surface area (Å²) in [5.41, 5.74) is 0.813. The zero-order chi connectivity index (χ0) is 28.6. The van der Waals surface area contributed by atoms with Gasteiger partial charge in [0, 0.05) is 47.4 Å². The highest BCUT2D eigenvalue weighted by molar-refractivity contribution is 6.17. The lowest BCUT2D eigenvalue weighted by molar-refractivity contribution is -0.131. The normalized spacial score (nSPS) is 13.4. The van der Waals surface area contributed by atoms with Crippen molar-refractivity contribution in [3.05, 3.63) is 109 Å².